The van der Waals surface area contributed by atoms with Gasteiger partial charge in [0.1, 0.15) is 0 Å². The van der Waals surface area contributed by atoms with Gasteiger partial charge in [-0.05, 0) is 43.7 Å². The van der Waals surface area contributed by atoms with Gasteiger partial charge in [-0.25, -0.2) is 10.4 Å². The van der Waals surface area contributed by atoms with Crippen molar-refractivity contribution in [3.05, 3.63) is 66.2 Å². The van der Waals surface area contributed by atoms with Gasteiger partial charge >= 0.3 is 0 Å². The molecule has 1 aromatic heterocycles. The molecule has 0 radical (unpaired) electrons. The Balaban J connectivity index is 1.69. The lowest BCUT2D eigenvalue weighted by Gasteiger charge is -2.19. The number of aromatic nitrogens is 1. The van der Waals surface area contributed by atoms with Gasteiger partial charge in [-0.3, -0.25) is 4.79 Å². The van der Waals surface area contributed by atoms with Crippen LogP contribution in [0.4, 0.5) is 0 Å². The number of nitrogens with zero attached hydrogens (tertiary/aromatic N) is 2. The lowest BCUT2D eigenvalue weighted by Crippen LogP contribution is -2.22. The van der Waals surface area contributed by atoms with Crippen LogP contribution in [0.2, 0.25) is 0 Å². The standard InChI is InChI=1S/C23H23N3O/c1-16-8-7-11-18(14-16)25-26-23(27)20-15-22(17-9-3-2-4-10-17)24-21-13-6-5-12-19(20)21/h2-6,9-10,12-13,15-16H,7-8,11,14H2,1H3,(H,26,27)/b25-18-. The van der Waals surface area contributed by atoms with E-state index in [1.807, 2.05) is 60.7 Å². The Hall–Kier alpha value is -3.01. The van der Waals surface area contributed by atoms with Crippen LogP contribution in [0.5, 0.6) is 0 Å². The number of carbonyl (C=O) groups excluding carboxylic acids is 1. The van der Waals surface area contributed by atoms with Gasteiger partial charge in [-0.1, -0.05) is 55.5 Å². The molecule has 1 amide bonds. The number of carbonyl (C=O) groups is 1. The SMILES string of the molecule is CC1CCC/C(=N/NC(=O)c2cc(-c3ccccc3)nc3ccccc23)C1. The molecule has 1 aliphatic carbocycles. The highest BCUT2D eigenvalue weighted by atomic mass is 16.2. The second-order valence-electron chi connectivity index (χ2n) is 7.26. The maximum absolute atomic E-state index is 12.9. The number of amides is 1. The smallest absolute Gasteiger partial charge is 0.267 e. The first-order valence-electron chi connectivity index (χ1n) is 9.51. The summed E-state index contributed by atoms with van der Waals surface area (Å²) < 4.78 is 0. The second-order valence-corrected chi connectivity index (χ2v) is 7.26. The van der Waals surface area contributed by atoms with Crippen LogP contribution in [0.25, 0.3) is 22.2 Å². The quantitative estimate of drug-likeness (QED) is 0.655. The van der Waals surface area contributed by atoms with E-state index in [2.05, 4.69) is 17.5 Å². The molecule has 1 N–H and O–H groups in total. The number of nitrogens with one attached hydrogen (secondary N) is 1. The van der Waals surface area contributed by atoms with Gasteiger partial charge < -0.3 is 0 Å². The molecule has 4 nitrogen and oxygen atoms in total. The van der Waals surface area contributed by atoms with Gasteiger partial charge in [0.15, 0.2) is 0 Å². The molecule has 1 atom stereocenters. The van der Waals surface area contributed by atoms with Gasteiger partial charge in [-0.2, -0.15) is 5.10 Å². The highest BCUT2D eigenvalue weighted by molar-refractivity contribution is 6.07. The number of fused-ring (bicyclic) bond motifs is 1. The van der Waals surface area contributed by atoms with Crippen LogP contribution in [0.3, 0.4) is 0 Å². The Kier molecular flexibility index (Phi) is 4.97. The number of hydrazone groups is 1. The maximum Gasteiger partial charge on any atom is 0.272 e. The fourth-order valence-electron chi connectivity index (χ4n) is 3.67. The van der Waals surface area contributed by atoms with Crippen molar-refractivity contribution in [2.45, 2.75) is 32.6 Å². The molecule has 4 heteroatoms. The van der Waals surface area contributed by atoms with Gasteiger partial charge in [0.05, 0.1) is 16.8 Å². The molecule has 0 aliphatic heterocycles. The summed E-state index contributed by atoms with van der Waals surface area (Å²) in [5.74, 6) is 0.456. The molecule has 3 aromatic rings. The predicted molar refractivity (Wildman–Crippen MR) is 110 cm³/mol. The van der Waals surface area contributed by atoms with E-state index in [9.17, 15) is 4.79 Å². The average Bonchev–Trinajstić information content (AvgIpc) is 2.72. The number of pyridine rings is 1. The summed E-state index contributed by atoms with van der Waals surface area (Å²) >= 11 is 0. The van der Waals surface area contributed by atoms with Crippen LogP contribution in [-0.2, 0) is 0 Å². The number of rotatable bonds is 3. The Labute approximate surface area is 159 Å². The minimum atomic E-state index is -0.184. The van der Waals surface area contributed by atoms with Crippen molar-refractivity contribution in [1.82, 2.24) is 10.4 Å². The first kappa shape index (κ1) is 17.4. The average molecular weight is 357 g/mol. The van der Waals surface area contributed by atoms with Gasteiger partial charge in [-0.15, -0.1) is 0 Å². The second kappa shape index (κ2) is 7.70. The van der Waals surface area contributed by atoms with Crippen LogP contribution < -0.4 is 5.43 Å². The molecule has 1 fully saturated rings. The molecule has 136 valence electrons. The monoisotopic (exact) mass is 357 g/mol. The van der Waals surface area contributed by atoms with Gasteiger partial charge in [0, 0.05) is 16.7 Å². The molecule has 0 spiro atoms. The minimum absolute atomic E-state index is 0.184. The number of benzene rings is 2. The summed E-state index contributed by atoms with van der Waals surface area (Å²) in [7, 11) is 0. The third-order valence-corrected chi connectivity index (χ3v) is 5.09. The summed E-state index contributed by atoms with van der Waals surface area (Å²) in [5.41, 5.74) is 7.06. The number of para-hydroxylation sites is 1. The normalized spacial score (nSPS) is 18.6. The molecule has 1 heterocycles. The third kappa shape index (κ3) is 3.90. The zero-order chi connectivity index (χ0) is 18.6. The van der Waals surface area contributed by atoms with Crippen molar-refractivity contribution in [2.24, 2.45) is 11.0 Å². The summed E-state index contributed by atoms with van der Waals surface area (Å²) in [4.78, 5) is 17.7. The molecule has 1 aliphatic rings. The van der Waals surface area contributed by atoms with Crippen molar-refractivity contribution in [1.29, 1.82) is 0 Å². The van der Waals surface area contributed by atoms with Crippen molar-refractivity contribution >= 4 is 22.5 Å². The Morgan fingerprint density at radius 3 is 2.70 bits per heavy atom. The van der Waals surface area contributed by atoms with E-state index in [1.54, 1.807) is 0 Å². The maximum atomic E-state index is 12.9. The third-order valence-electron chi connectivity index (χ3n) is 5.09. The topological polar surface area (TPSA) is 54.4 Å². The van der Waals surface area contributed by atoms with Gasteiger partial charge in [0.25, 0.3) is 5.91 Å². The van der Waals surface area contributed by atoms with E-state index in [0.29, 0.717) is 11.5 Å². The zero-order valence-corrected chi connectivity index (χ0v) is 15.5. The van der Waals surface area contributed by atoms with Crippen LogP contribution in [0.15, 0.2) is 65.8 Å². The number of hydrogen-bond acceptors (Lipinski definition) is 3. The molecule has 0 saturated heterocycles. The molecule has 2 aromatic carbocycles. The summed E-state index contributed by atoms with van der Waals surface area (Å²) in [5, 5.41) is 5.26. The van der Waals surface area contributed by atoms with E-state index in [4.69, 9.17) is 4.98 Å². The highest BCUT2D eigenvalue weighted by Gasteiger charge is 2.16. The fraction of sp³-hybridized carbons (Fsp3) is 0.261. The van der Waals surface area contributed by atoms with Crippen molar-refractivity contribution in [3.8, 4) is 11.3 Å². The van der Waals surface area contributed by atoms with Crippen LogP contribution in [-0.4, -0.2) is 16.6 Å². The van der Waals surface area contributed by atoms with E-state index in [1.165, 1.54) is 6.42 Å². The largest absolute Gasteiger partial charge is 0.272 e. The Bertz CT molecular complexity index is 995. The number of hydrogen-bond donors (Lipinski definition) is 1. The Morgan fingerprint density at radius 2 is 1.89 bits per heavy atom. The van der Waals surface area contributed by atoms with Gasteiger partial charge in [0.2, 0.25) is 0 Å². The van der Waals surface area contributed by atoms with E-state index >= 15 is 0 Å². The first-order valence-corrected chi connectivity index (χ1v) is 9.51. The molecular weight excluding hydrogens is 334 g/mol. The zero-order valence-electron chi connectivity index (χ0n) is 15.5. The molecule has 27 heavy (non-hydrogen) atoms. The minimum Gasteiger partial charge on any atom is -0.267 e. The highest BCUT2D eigenvalue weighted by Crippen LogP contribution is 2.25. The molecule has 0 bridgehead atoms. The molecule has 4 rings (SSSR count). The first-order chi connectivity index (χ1) is 13.2. The van der Waals surface area contributed by atoms with E-state index < -0.39 is 0 Å². The summed E-state index contributed by atoms with van der Waals surface area (Å²) in [6.07, 6.45) is 4.32. The van der Waals surface area contributed by atoms with Crippen LogP contribution in [0, 0.1) is 5.92 Å². The molecule has 1 saturated carbocycles. The molecule has 1 unspecified atom stereocenters. The summed E-state index contributed by atoms with van der Waals surface area (Å²) in [6, 6.07) is 19.5. The Morgan fingerprint density at radius 1 is 1.11 bits per heavy atom. The lowest BCUT2D eigenvalue weighted by atomic mass is 9.89. The molecular formula is C23H23N3O. The fourth-order valence-corrected chi connectivity index (χ4v) is 3.67. The predicted octanol–water partition coefficient (Wildman–Crippen LogP) is 5.20. The van der Waals surface area contributed by atoms with E-state index in [-0.39, 0.29) is 5.91 Å². The lowest BCUT2D eigenvalue weighted by molar-refractivity contribution is 0.0956. The summed E-state index contributed by atoms with van der Waals surface area (Å²) in [6.45, 7) is 2.24. The van der Waals surface area contributed by atoms with E-state index in [0.717, 1.165) is 47.1 Å². The van der Waals surface area contributed by atoms with Crippen molar-refractivity contribution < 1.29 is 4.79 Å². The van der Waals surface area contributed by atoms with Crippen molar-refractivity contribution in [3.63, 3.8) is 0 Å². The van der Waals surface area contributed by atoms with Crippen molar-refractivity contribution in [2.75, 3.05) is 0 Å². The van der Waals surface area contributed by atoms with Crippen LogP contribution in [0.1, 0.15) is 43.0 Å². The van der Waals surface area contributed by atoms with Crippen LogP contribution >= 0.6 is 0 Å².